The zero-order valence-corrected chi connectivity index (χ0v) is 7.95. The van der Waals surface area contributed by atoms with Crippen LogP contribution in [0.3, 0.4) is 0 Å². The van der Waals surface area contributed by atoms with Gasteiger partial charge in [-0.3, -0.25) is 0 Å². The van der Waals surface area contributed by atoms with Crippen molar-refractivity contribution in [1.82, 2.24) is 5.32 Å². The van der Waals surface area contributed by atoms with Crippen LogP contribution in [-0.2, 0) is 6.42 Å². The van der Waals surface area contributed by atoms with Crippen LogP contribution in [0.1, 0.15) is 5.56 Å². The van der Waals surface area contributed by atoms with Gasteiger partial charge in [0.05, 0.1) is 6.61 Å². The molecule has 74 valence electrons. The van der Waals surface area contributed by atoms with Gasteiger partial charge in [-0.1, -0.05) is 6.07 Å². The molecule has 1 N–H and O–H groups in total. The van der Waals surface area contributed by atoms with E-state index in [2.05, 4.69) is 11.4 Å². The highest BCUT2D eigenvalue weighted by atomic mass is 16.5. The first-order chi connectivity index (χ1) is 6.92. The highest BCUT2D eigenvalue weighted by molar-refractivity contribution is 5.42. The average Bonchev–Trinajstić information content (AvgIpc) is 2.58. The molecule has 14 heavy (non-hydrogen) atoms. The van der Waals surface area contributed by atoms with Crippen molar-refractivity contribution in [3.05, 3.63) is 23.8 Å². The van der Waals surface area contributed by atoms with E-state index in [-0.39, 0.29) is 0 Å². The normalized spacial score (nSPS) is 19.7. The Morgan fingerprint density at radius 2 is 2.29 bits per heavy atom. The number of nitrogens with one attached hydrogen (secondary N) is 1. The summed E-state index contributed by atoms with van der Waals surface area (Å²) >= 11 is 0. The Bertz CT molecular complexity index is 347. The summed E-state index contributed by atoms with van der Waals surface area (Å²) in [5.41, 5.74) is 1.30. The van der Waals surface area contributed by atoms with Crippen molar-refractivity contribution < 1.29 is 9.47 Å². The molecule has 2 aliphatic rings. The number of ether oxygens (including phenoxy) is 2. The van der Waals surface area contributed by atoms with Crippen molar-refractivity contribution in [1.29, 1.82) is 0 Å². The Kier molecular flexibility index (Phi) is 1.84. The molecule has 1 saturated heterocycles. The Morgan fingerprint density at radius 1 is 1.36 bits per heavy atom. The lowest BCUT2D eigenvalue weighted by Gasteiger charge is -2.27. The Morgan fingerprint density at radius 3 is 3.07 bits per heavy atom. The minimum absolute atomic E-state index is 0.342. The lowest BCUT2D eigenvalue weighted by atomic mass is 10.1. The van der Waals surface area contributed by atoms with Crippen LogP contribution in [0.5, 0.6) is 11.5 Å². The Labute approximate surface area is 83.0 Å². The highest BCUT2D eigenvalue weighted by Gasteiger charge is 2.19. The van der Waals surface area contributed by atoms with Gasteiger partial charge in [0.15, 0.2) is 0 Å². The lowest BCUT2D eigenvalue weighted by molar-refractivity contribution is 0.142. The third-order valence-electron chi connectivity index (χ3n) is 2.71. The number of rotatable bonds is 2. The van der Waals surface area contributed by atoms with E-state index in [1.807, 2.05) is 12.1 Å². The minimum atomic E-state index is 0.342. The van der Waals surface area contributed by atoms with Gasteiger partial charge in [0.2, 0.25) is 0 Å². The van der Waals surface area contributed by atoms with E-state index in [0.717, 1.165) is 37.6 Å². The fourth-order valence-electron chi connectivity index (χ4n) is 1.76. The molecule has 3 heteroatoms. The molecule has 3 rings (SSSR count). The SMILES string of the molecule is c1cc2c(cc1OC1CNC1)OCC2. The standard InChI is InChI=1S/C11H13NO2/c1-2-9(14-10-6-12-7-10)5-11-8(1)3-4-13-11/h1-2,5,10,12H,3-4,6-7H2. The van der Waals surface area contributed by atoms with Gasteiger partial charge in [-0.2, -0.15) is 0 Å². The van der Waals surface area contributed by atoms with Gasteiger partial charge in [0, 0.05) is 25.6 Å². The molecule has 0 spiro atoms. The molecule has 2 aliphatic heterocycles. The van der Waals surface area contributed by atoms with E-state index in [1.165, 1.54) is 5.56 Å². The molecule has 0 amide bonds. The van der Waals surface area contributed by atoms with Gasteiger partial charge in [0.25, 0.3) is 0 Å². The first-order valence-electron chi connectivity index (χ1n) is 5.05. The minimum Gasteiger partial charge on any atom is -0.493 e. The van der Waals surface area contributed by atoms with E-state index >= 15 is 0 Å². The van der Waals surface area contributed by atoms with Crippen molar-refractivity contribution in [3.63, 3.8) is 0 Å². The summed E-state index contributed by atoms with van der Waals surface area (Å²) in [7, 11) is 0. The van der Waals surface area contributed by atoms with Crippen LogP contribution in [-0.4, -0.2) is 25.8 Å². The van der Waals surface area contributed by atoms with Crippen LogP contribution in [0.4, 0.5) is 0 Å². The van der Waals surface area contributed by atoms with Gasteiger partial charge in [0.1, 0.15) is 17.6 Å². The number of fused-ring (bicyclic) bond motifs is 1. The zero-order chi connectivity index (χ0) is 9.38. The topological polar surface area (TPSA) is 30.5 Å². The van der Waals surface area contributed by atoms with Gasteiger partial charge >= 0.3 is 0 Å². The maximum atomic E-state index is 5.73. The second-order valence-corrected chi connectivity index (χ2v) is 3.77. The summed E-state index contributed by atoms with van der Waals surface area (Å²) in [6, 6.07) is 6.14. The molecule has 0 atom stereocenters. The van der Waals surface area contributed by atoms with E-state index in [9.17, 15) is 0 Å². The van der Waals surface area contributed by atoms with Crippen molar-refractivity contribution in [2.75, 3.05) is 19.7 Å². The van der Waals surface area contributed by atoms with Crippen molar-refractivity contribution in [2.24, 2.45) is 0 Å². The molecular formula is C11H13NO2. The molecule has 0 aliphatic carbocycles. The smallest absolute Gasteiger partial charge is 0.126 e. The van der Waals surface area contributed by atoms with Gasteiger partial charge < -0.3 is 14.8 Å². The first kappa shape index (κ1) is 8.12. The number of hydrogen-bond acceptors (Lipinski definition) is 3. The third-order valence-corrected chi connectivity index (χ3v) is 2.71. The summed E-state index contributed by atoms with van der Waals surface area (Å²) in [6.45, 7) is 2.72. The van der Waals surface area contributed by atoms with Crippen LogP contribution in [0.25, 0.3) is 0 Å². The quantitative estimate of drug-likeness (QED) is 0.755. The summed E-state index contributed by atoms with van der Waals surface area (Å²) in [5, 5.41) is 3.18. The molecule has 1 aromatic carbocycles. The van der Waals surface area contributed by atoms with Crippen molar-refractivity contribution in [3.8, 4) is 11.5 Å². The van der Waals surface area contributed by atoms with Gasteiger partial charge in [-0.25, -0.2) is 0 Å². The van der Waals surface area contributed by atoms with Crippen molar-refractivity contribution in [2.45, 2.75) is 12.5 Å². The molecule has 0 bridgehead atoms. The molecule has 0 unspecified atom stereocenters. The molecule has 0 saturated carbocycles. The highest BCUT2D eigenvalue weighted by Crippen LogP contribution is 2.29. The van der Waals surface area contributed by atoms with Crippen LogP contribution < -0.4 is 14.8 Å². The molecule has 3 nitrogen and oxygen atoms in total. The maximum Gasteiger partial charge on any atom is 0.126 e. The molecule has 0 radical (unpaired) electrons. The molecule has 2 heterocycles. The fourth-order valence-corrected chi connectivity index (χ4v) is 1.76. The summed E-state index contributed by atoms with van der Waals surface area (Å²) in [5.74, 6) is 1.92. The summed E-state index contributed by atoms with van der Waals surface area (Å²) in [4.78, 5) is 0. The second-order valence-electron chi connectivity index (χ2n) is 3.77. The predicted molar refractivity (Wildman–Crippen MR) is 52.9 cm³/mol. The Hall–Kier alpha value is -1.22. The Balaban J connectivity index is 1.78. The lowest BCUT2D eigenvalue weighted by Crippen LogP contribution is -2.50. The summed E-state index contributed by atoms with van der Waals surface area (Å²) < 4.78 is 11.2. The monoisotopic (exact) mass is 191 g/mol. The molecule has 0 aromatic heterocycles. The molecule has 1 fully saturated rings. The number of benzene rings is 1. The van der Waals surface area contributed by atoms with Crippen LogP contribution in [0.2, 0.25) is 0 Å². The summed E-state index contributed by atoms with van der Waals surface area (Å²) in [6.07, 6.45) is 1.37. The van der Waals surface area contributed by atoms with E-state index in [1.54, 1.807) is 0 Å². The maximum absolute atomic E-state index is 5.73. The third kappa shape index (κ3) is 1.34. The van der Waals surface area contributed by atoms with E-state index < -0.39 is 0 Å². The van der Waals surface area contributed by atoms with Gasteiger partial charge in [-0.15, -0.1) is 0 Å². The largest absolute Gasteiger partial charge is 0.493 e. The zero-order valence-electron chi connectivity index (χ0n) is 7.95. The fraction of sp³-hybridized carbons (Fsp3) is 0.455. The van der Waals surface area contributed by atoms with E-state index in [0.29, 0.717) is 6.10 Å². The van der Waals surface area contributed by atoms with Crippen molar-refractivity contribution >= 4 is 0 Å². The molecular weight excluding hydrogens is 178 g/mol. The first-order valence-corrected chi connectivity index (χ1v) is 5.05. The number of hydrogen-bond donors (Lipinski definition) is 1. The van der Waals surface area contributed by atoms with Crippen LogP contribution in [0, 0.1) is 0 Å². The van der Waals surface area contributed by atoms with E-state index in [4.69, 9.17) is 9.47 Å². The van der Waals surface area contributed by atoms with Crippen LogP contribution in [0.15, 0.2) is 18.2 Å². The second kappa shape index (κ2) is 3.17. The molecule has 1 aromatic rings. The van der Waals surface area contributed by atoms with Gasteiger partial charge in [-0.05, 0) is 11.6 Å². The average molecular weight is 191 g/mol. The van der Waals surface area contributed by atoms with Crippen LogP contribution >= 0.6 is 0 Å². The predicted octanol–water partition coefficient (Wildman–Crippen LogP) is 0.972.